The molecule has 0 saturated carbocycles. The molecule has 7 rings (SSSR count). The summed E-state index contributed by atoms with van der Waals surface area (Å²) in [5, 5.41) is 11.0. The first kappa shape index (κ1) is 41.0. The van der Waals surface area contributed by atoms with E-state index in [-0.39, 0.29) is 35.6 Å². The van der Waals surface area contributed by atoms with Gasteiger partial charge in [0.05, 0.1) is 56.5 Å². The number of aromatic nitrogens is 2. The molecule has 14 heteroatoms. The molecule has 0 spiro atoms. The van der Waals surface area contributed by atoms with Gasteiger partial charge in [-0.25, -0.2) is 19.6 Å². The maximum absolute atomic E-state index is 13.6. The molecule has 0 radical (unpaired) electrons. The smallest absolute Gasteiger partial charge is 0.407 e. The number of benzene rings is 3. The lowest BCUT2D eigenvalue weighted by atomic mass is 9.97. The monoisotopic (exact) mass is 800 g/mol. The number of hydrogen-bond donors (Lipinski definition) is 4. The number of ether oxygens (including phenoxy) is 2. The van der Waals surface area contributed by atoms with Crippen LogP contribution in [0.1, 0.15) is 64.4 Å². The van der Waals surface area contributed by atoms with Gasteiger partial charge in [-0.15, -0.1) is 0 Å². The maximum Gasteiger partial charge on any atom is 0.407 e. The van der Waals surface area contributed by atoms with Crippen LogP contribution in [0.4, 0.5) is 9.59 Å². The lowest BCUT2D eigenvalue weighted by Gasteiger charge is -2.30. The summed E-state index contributed by atoms with van der Waals surface area (Å²) in [5.74, 6) is 0.976. The Morgan fingerprint density at radius 1 is 0.831 bits per heavy atom. The van der Waals surface area contributed by atoms with Crippen molar-refractivity contribution in [1.29, 1.82) is 0 Å². The van der Waals surface area contributed by atoms with Crippen molar-refractivity contribution in [2.75, 3.05) is 33.9 Å². The standard InChI is InChI=1S/C45H52N8O6/c1-25(2)39(51-44(56)58-5)38(54)19-27-18-34(46-22-27)41-47-23-35(49-41)29-11-9-28(10-12-29)30-13-14-32-21-33(16-15-31(32)20-30)36-24-48-42(50-36)37-8-7-17-53(37)43(55)40(26(3)4)52-45(57)59-6/h9-16,19-21,23,25-26,34,37,39-40,46H,7-8,17-18,22,24H2,1-6H3,(H,47,49)(H,51,56)(H,52,57). The molecule has 0 bridgehead atoms. The number of likely N-dealkylation sites (tertiary alicyclic amines) is 1. The van der Waals surface area contributed by atoms with Crippen LogP contribution in [0.25, 0.3) is 33.2 Å². The van der Waals surface area contributed by atoms with Crippen molar-refractivity contribution in [3.05, 3.63) is 89.9 Å². The highest BCUT2D eigenvalue weighted by Crippen LogP contribution is 2.31. The molecule has 1 aromatic heterocycles. The Morgan fingerprint density at radius 2 is 1.46 bits per heavy atom. The lowest BCUT2D eigenvalue weighted by molar-refractivity contribution is -0.134. The molecule has 59 heavy (non-hydrogen) atoms. The first-order valence-corrected chi connectivity index (χ1v) is 20.2. The summed E-state index contributed by atoms with van der Waals surface area (Å²) in [4.78, 5) is 69.9. The third kappa shape index (κ3) is 9.12. The zero-order chi connectivity index (χ0) is 41.8. The van der Waals surface area contributed by atoms with Gasteiger partial charge in [0, 0.05) is 13.1 Å². The minimum atomic E-state index is -0.691. The van der Waals surface area contributed by atoms with Gasteiger partial charge in [-0.2, -0.15) is 0 Å². The number of amides is 3. The number of ketones is 1. The van der Waals surface area contributed by atoms with Crippen LogP contribution in [-0.4, -0.2) is 102 Å². The Hall–Kier alpha value is -6.15. The van der Waals surface area contributed by atoms with Crippen molar-refractivity contribution in [3.63, 3.8) is 0 Å². The minimum Gasteiger partial charge on any atom is -0.453 e. The minimum absolute atomic E-state index is 0.0595. The van der Waals surface area contributed by atoms with E-state index in [0.717, 1.165) is 68.7 Å². The lowest BCUT2D eigenvalue weighted by Crippen LogP contribution is -2.53. The highest BCUT2D eigenvalue weighted by Gasteiger charge is 2.39. The number of hydrogen-bond acceptors (Lipinski definition) is 10. The fourth-order valence-corrected chi connectivity index (χ4v) is 7.99. The van der Waals surface area contributed by atoms with E-state index in [9.17, 15) is 19.2 Å². The molecule has 3 amide bonds. The molecule has 308 valence electrons. The van der Waals surface area contributed by atoms with Crippen LogP contribution in [0.5, 0.6) is 0 Å². The van der Waals surface area contributed by atoms with Gasteiger partial charge in [0.1, 0.15) is 17.7 Å². The van der Waals surface area contributed by atoms with Crippen molar-refractivity contribution in [2.24, 2.45) is 21.8 Å². The quantitative estimate of drug-likeness (QED) is 0.119. The Labute approximate surface area is 344 Å². The summed E-state index contributed by atoms with van der Waals surface area (Å²) in [5.41, 5.74) is 6.93. The fourth-order valence-electron chi connectivity index (χ4n) is 7.99. The van der Waals surface area contributed by atoms with E-state index in [2.05, 4.69) is 86.6 Å². The molecule has 3 aliphatic rings. The third-order valence-corrected chi connectivity index (χ3v) is 11.3. The molecule has 2 fully saturated rings. The number of fused-ring (bicyclic) bond motifs is 1. The van der Waals surface area contributed by atoms with Crippen LogP contribution in [0.15, 0.2) is 88.5 Å². The maximum atomic E-state index is 13.6. The molecular formula is C45H52N8O6. The van der Waals surface area contributed by atoms with E-state index in [4.69, 9.17) is 19.5 Å². The molecule has 4 unspecified atom stereocenters. The van der Waals surface area contributed by atoms with E-state index in [1.165, 1.54) is 14.2 Å². The number of aliphatic imine (C=N–C) groups is 2. The molecule has 3 aliphatic heterocycles. The number of carbonyl (C=O) groups excluding carboxylic acids is 4. The van der Waals surface area contributed by atoms with E-state index < -0.39 is 24.3 Å². The number of methoxy groups -OCH3 is 2. The van der Waals surface area contributed by atoms with Crippen LogP contribution < -0.4 is 16.0 Å². The number of imidazole rings is 1. The summed E-state index contributed by atoms with van der Waals surface area (Å²) in [6.45, 7) is 9.17. The van der Waals surface area contributed by atoms with E-state index in [1.807, 2.05) is 33.9 Å². The largest absolute Gasteiger partial charge is 0.453 e. The van der Waals surface area contributed by atoms with Gasteiger partial charge in [0.2, 0.25) is 5.91 Å². The number of nitrogens with one attached hydrogen (secondary N) is 4. The predicted octanol–water partition coefficient (Wildman–Crippen LogP) is 6.38. The highest BCUT2D eigenvalue weighted by molar-refractivity contribution is 6.15. The molecular weight excluding hydrogens is 749 g/mol. The summed E-state index contributed by atoms with van der Waals surface area (Å²) in [7, 11) is 2.57. The summed E-state index contributed by atoms with van der Waals surface area (Å²) in [6, 6.07) is 19.5. The van der Waals surface area contributed by atoms with Crippen molar-refractivity contribution < 1.29 is 28.7 Å². The van der Waals surface area contributed by atoms with Gasteiger partial charge >= 0.3 is 12.2 Å². The number of rotatable bonds is 12. The van der Waals surface area contributed by atoms with Crippen LogP contribution >= 0.6 is 0 Å². The normalized spacial score (nSPS) is 19.5. The summed E-state index contributed by atoms with van der Waals surface area (Å²) < 4.78 is 9.46. The van der Waals surface area contributed by atoms with Crippen molar-refractivity contribution in [3.8, 4) is 22.4 Å². The zero-order valence-electron chi connectivity index (χ0n) is 34.4. The van der Waals surface area contributed by atoms with Crippen molar-refractivity contribution >= 4 is 46.2 Å². The van der Waals surface area contributed by atoms with Gasteiger partial charge < -0.3 is 35.3 Å². The van der Waals surface area contributed by atoms with Gasteiger partial charge in [-0.05, 0) is 82.3 Å². The number of carbonyl (C=O) groups is 4. The third-order valence-electron chi connectivity index (χ3n) is 11.3. The number of nitrogens with zero attached hydrogens (tertiary/aromatic N) is 4. The highest BCUT2D eigenvalue weighted by atomic mass is 16.5. The summed E-state index contributed by atoms with van der Waals surface area (Å²) >= 11 is 0. The van der Waals surface area contributed by atoms with Crippen molar-refractivity contribution in [2.45, 2.75) is 71.1 Å². The van der Waals surface area contributed by atoms with Gasteiger partial charge in [-0.1, -0.05) is 81.8 Å². The zero-order valence-corrected chi connectivity index (χ0v) is 34.4. The number of alkyl carbamates (subject to hydrolysis) is 2. The first-order chi connectivity index (χ1) is 28.4. The average molecular weight is 801 g/mol. The molecule has 4 aromatic rings. The Bertz CT molecular complexity index is 2330. The Morgan fingerprint density at radius 3 is 2.14 bits per heavy atom. The van der Waals surface area contributed by atoms with Crippen LogP contribution in [-0.2, 0) is 19.1 Å². The van der Waals surface area contributed by atoms with E-state index >= 15 is 0 Å². The SMILES string of the molecule is COC(=O)NC(C(=O)C=C1CNC(c2ncc(-c3ccc(-c4ccc5cc(C6=NC(C7CCCN7C(=O)C(NC(=O)OC)C(C)C)=NC6)ccc5c4)cc3)[nH]2)C1)C(C)C. The van der Waals surface area contributed by atoms with Gasteiger partial charge in [0.25, 0.3) is 0 Å². The molecule has 4 heterocycles. The predicted molar refractivity (Wildman–Crippen MR) is 227 cm³/mol. The molecule has 2 saturated heterocycles. The van der Waals surface area contributed by atoms with Gasteiger partial charge in [0.15, 0.2) is 5.78 Å². The first-order valence-electron chi connectivity index (χ1n) is 20.2. The number of amidine groups is 1. The molecule has 4 N–H and O–H groups in total. The van der Waals surface area contributed by atoms with Crippen LogP contribution in [0, 0.1) is 11.8 Å². The summed E-state index contributed by atoms with van der Waals surface area (Å²) in [6.07, 6.45) is 4.47. The molecule has 3 aromatic carbocycles. The average Bonchev–Trinajstić information content (AvgIpc) is 4.08. The Kier molecular flexibility index (Phi) is 12.4. The van der Waals surface area contributed by atoms with Gasteiger partial charge in [-0.3, -0.25) is 14.6 Å². The molecule has 4 atom stereocenters. The van der Waals surface area contributed by atoms with Crippen LogP contribution in [0.2, 0.25) is 0 Å². The second kappa shape index (κ2) is 17.8. The van der Waals surface area contributed by atoms with E-state index in [0.29, 0.717) is 31.9 Å². The fraction of sp³-hybridized carbons (Fsp3) is 0.400. The second-order valence-corrected chi connectivity index (χ2v) is 16.0. The Balaban J connectivity index is 0.984. The molecule has 0 aliphatic carbocycles. The number of H-pyrrole nitrogens is 1. The van der Waals surface area contributed by atoms with Crippen molar-refractivity contribution in [1.82, 2.24) is 30.8 Å². The van der Waals surface area contributed by atoms with Crippen LogP contribution in [0.3, 0.4) is 0 Å². The second-order valence-electron chi connectivity index (χ2n) is 16.0. The topological polar surface area (TPSA) is 179 Å². The molecule has 14 nitrogen and oxygen atoms in total. The van der Waals surface area contributed by atoms with E-state index in [1.54, 1.807) is 11.0 Å². The number of aromatic amines is 1.